The van der Waals surface area contributed by atoms with Gasteiger partial charge in [0.15, 0.2) is 0 Å². The van der Waals surface area contributed by atoms with Gasteiger partial charge in [0.05, 0.1) is 12.1 Å². The van der Waals surface area contributed by atoms with Crippen molar-refractivity contribution >= 4 is 0 Å². The molecule has 1 N–H and O–H groups in total. The third kappa shape index (κ3) is 4.02. The second-order valence-corrected chi connectivity index (χ2v) is 5.30. The molecule has 24 heavy (non-hydrogen) atoms. The minimum absolute atomic E-state index is 0.408. The molecule has 2 heterocycles. The fraction of sp³-hybridized carbons (Fsp3) is 0.167. The van der Waals surface area contributed by atoms with E-state index in [0.717, 1.165) is 17.7 Å². The summed E-state index contributed by atoms with van der Waals surface area (Å²) in [5.74, 6) is 1.08. The Labute approximate surface area is 137 Å². The zero-order valence-corrected chi connectivity index (χ0v) is 12.7. The van der Waals surface area contributed by atoms with E-state index in [1.54, 1.807) is 30.6 Å². The number of hydrogen-bond acceptors (Lipinski definition) is 3. The van der Waals surface area contributed by atoms with E-state index in [0.29, 0.717) is 30.2 Å². The Kier molecular flexibility index (Phi) is 4.66. The first-order valence-corrected chi connectivity index (χ1v) is 7.38. The maximum atomic E-state index is 12.8. The summed E-state index contributed by atoms with van der Waals surface area (Å²) < 4.78 is 43.9. The number of alkyl halides is 3. The average Bonchev–Trinajstić information content (AvgIpc) is 3.04. The van der Waals surface area contributed by atoms with Crippen LogP contribution in [-0.4, -0.2) is 4.98 Å². The van der Waals surface area contributed by atoms with Gasteiger partial charge in [0.2, 0.25) is 0 Å². The summed E-state index contributed by atoms with van der Waals surface area (Å²) in [6.07, 6.45) is -0.928. The highest BCUT2D eigenvalue weighted by Crippen LogP contribution is 2.32. The zero-order chi connectivity index (χ0) is 17.0. The first-order valence-electron chi connectivity index (χ1n) is 7.38. The lowest BCUT2D eigenvalue weighted by molar-refractivity contribution is -0.137. The van der Waals surface area contributed by atoms with Gasteiger partial charge in [0.25, 0.3) is 0 Å². The lowest BCUT2D eigenvalue weighted by Crippen LogP contribution is -2.11. The predicted molar refractivity (Wildman–Crippen MR) is 83.9 cm³/mol. The summed E-state index contributed by atoms with van der Waals surface area (Å²) in [5, 5.41) is 3.22. The standard InChI is InChI=1S/C18H15F3N2O/c19-18(20,21)15-3-1-2-14(10-15)17-5-4-16(24-17)12-23-11-13-6-8-22-9-7-13/h1-10,23H,11-12H2. The van der Waals surface area contributed by atoms with E-state index in [-0.39, 0.29) is 0 Å². The van der Waals surface area contributed by atoms with Crippen molar-refractivity contribution in [1.82, 2.24) is 10.3 Å². The van der Waals surface area contributed by atoms with E-state index >= 15 is 0 Å². The number of furan rings is 1. The van der Waals surface area contributed by atoms with Gasteiger partial charge in [-0.3, -0.25) is 4.98 Å². The monoisotopic (exact) mass is 332 g/mol. The normalized spacial score (nSPS) is 11.6. The largest absolute Gasteiger partial charge is 0.460 e. The van der Waals surface area contributed by atoms with E-state index < -0.39 is 11.7 Å². The van der Waals surface area contributed by atoms with Gasteiger partial charge in [-0.05, 0) is 42.0 Å². The quantitative estimate of drug-likeness (QED) is 0.739. The van der Waals surface area contributed by atoms with Crippen LogP contribution in [0.25, 0.3) is 11.3 Å². The molecule has 0 spiro atoms. The molecule has 3 aromatic rings. The van der Waals surface area contributed by atoms with Crippen molar-refractivity contribution in [3.8, 4) is 11.3 Å². The van der Waals surface area contributed by atoms with Gasteiger partial charge in [-0.15, -0.1) is 0 Å². The molecule has 124 valence electrons. The van der Waals surface area contributed by atoms with Gasteiger partial charge in [-0.25, -0.2) is 0 Å². The van der Waals surface area contributed by atoms with Gasteiger partial charge in [-0.2, -0.15) is 13.2 Å². The number of aromatic nitrogens is 1. The molecule has 0 aliphatic carbocycles. The van der Waals surface area contributed by atoms with Gasteiger partial charge in [0, 0.05) is 24.5 Å². The van der Waals surface area contributed by atoms with Crippen molar-refractivity contribution < 1.29 is 17.6 Å². The van der Waals surface area contributed by atoms with Gasteiger partial charge < -0.3 is 9.73 Å². The molecule has 3 rings (SSSR count). The number of nitrogens with zero attached hydrogens (tertiary/aromatic N) is 1. The molecule has 0 fully saturated rings. The predicted octanol–water partition coefficient (Wildman–Crippen LogP) is 4.65. The molecular weight excluding hydrogens is 317 g/mol. The third-order valence-electron chi connectivity index (χ3n) is 3.51. The third-order valence-corrected chi connectivity index (χ3v) is 3.51. The Morgan fingerprint density at radius 3 is 2.50 bits per heavy atom. The van der Waals surface area contributed by atoms with Crippen LogP contribution in [-0.2, 0) is 19.3 Å². The Balaban J connectivity index is 1.65. The first-order chi connectivity index (χ1) is 11.5. The van der Waals surface area contributed by atoms with Crippen LogP contribution in [0.2, 0.25) is 0 Å². The van der Waals surface area contributed by atoms with Gasteiger partial charge in [-0.1, -0.05) is 12.1 Å². The fourth-order valence-corrected chi connectivity index (χ4v) is 2.31. The van der Waals surface area contributed by atoms with Crippen LogP contribution in [0.3, 0.4) is 0 Å². The summed E-state index contributed by atoms with van der Waals surface area (Å²) >= 11 is 0. The van der Waals surface area contributed by atoms with E-state index in [1.165, 1.54) is 6.07 Å². The smallest absolute Gasteiger partial charge is 0.416 e. The SMILES string of the molecule is FC(F)(F)c1cccc(-c2ccc(CNCc3ccncc3)o2)c1. The highest BCUT2D eigenvalue weighted by Gasteiger charge is 2.30. The Morgan fingerprint density at radius 2 is 1.75 bits per heavy atom. The van der Waals surface area contributed by atoms with Crippen LogP contribution >= 0.6 is 0 Å². The molecule has 0 aliphatic rings. The van der Waals surface area contributed by atoms with Crippen LogP contribution in [0.15, 0.2) is 65.3 Å². The Bertz CT molecular complexity index is 797. The number of nitrogens with one attached hydrogen (secondary N) is 1. The lowest BCUT2D eigenvalue weighted by atomic mass is 10.1. The van der Waals surface area contributed by atoms with E-state index in [1.807, 2.05) is 12.1 Å². The Hall–Kier alpha value is -2.60. The topological polar surface area (TPSA) is 38.1 Å². The average molecular weight is 332 g/mol. The van der Waals surface area contributed by atoms with Gasteiger partial charge >= 0.3 is 6.18 Å². The van der Waals surface area contributed by atoms with Crippen molar-refractivity contribution in [2.75, 3.05) is 0 Å². The van der Waals surface area contributed by atoms with Crippen LogP contribution in [0, 0.1) is 0 Å². The highest BCUT2D eigenvalue weighted by molar-refractivity contribution is 5.58. The molecule has 0 amide bonds. The highest BCUT2D eigenvalue weighted by atomic mass is 19.4. The number of pyridine rings is 1. The summed E-state index contributed by atoms with van der Waals surface area (Å²) in [6, 6.07) is 12.4. The molecule has 1 aromatic carbocycles. The minimum Gasteiger partial charge on any atom is -0.460 e. The van der Waals surface area contributed by atoms with E-state index in [9.17, 15) is 13.2 Å². The molecule has 0 bridgehead atoms. The molecule has 3 nitrogen and oxygen atoms in total. The molecule has 0 radical (unpaired) electrons. The molecule has 2 aromatic heterocycles. The zero-order valence-electron chi connectivity index (χ0n) is 12.7. The van der Waals surface area contributed by atoms with Gasteiger partial charge in [0.1, 0.15) is 11.5 Å². The van der Waals surface area contributed by atoms with Crippen LogP contribution in [0.1, 0.15) is 16.9 Å². The summed E-state index contributed by atoms with van der Waals surface area (Å²) in [6.45, 7) is 1.14. The molecule has 0 saturated carbocycles. The second-order valence-electron chi connectivity index (χ2n) is 5.30. The van der Waals surface area contributed by atoms with Crippen LogP contribution in [0.5, 0.6) is 0 Å². The minimum atomic E-state index is -4.36. The van der Waals surface area contributed by atoms with Crippen LogP contribution < -0.4 is 5.32 Å². The maximum absolute atomic E-state index is 12.8. The van der Waals surface area contributed by atoms with Crippen molar-refractivity contribution in [1.29, 1.82) is 0 Å². The number of halogens is 3. The fourth-order valence-electron chi connectivity index (χ4n) is 2.31. The molecule has 0 unspecified atom stereocenters. The van der Waals surface area contributed by atoms with Crippen molar-refractivity contribution in [2.24, 2.45) is 0 Å². The molecular formula is C18H15F3N2O. The summed E-state index contributed by atoms with van der Waals surface area (Å²) in [7, 11) is 0. The van der Waals surface area contributed by atoms with Crippen LogP contribution in [0.4, 0.5) is 13.2 Å². The van der Waals surface area contributed by atoms with E-state index in [4.69, 9.17) is 4.42 Å². The number of rotatable bonds is 5. The van der Waals surface area contributed by atoms with Crippen molar-refractivity contribution in [2.45, 2.75) is 19.3 Å². The number of benzene rings is 1. The summed E-state index contributed by atoms with van der Waals surface area (Å²) in [5.41, 5.74) is 0.814. The molecule has 6 heteroatoms. The van der Waals surface area contributed by atoms with Crippen molar-refractivity contribution in [3.05, 3.63) is 77.8 Å². The lowest BCUT2D eigenvalue weighted by Gasteiger charge is -2.07. The summed E-state index contributed by atoms with van der Waals surface area (Å²) in [4.78, 5) is 3.95. The van der Waals surface area contributed by atoms with E-state index in [2.05, 4.69) is 10.3 Å². The number of hydrogen-bond donors (Lipinski definition) is 1. The Morgan fingerprint density at radius 1 is 0.958 bits per heavy atom. The molecule has 0 atom stereocenters. The molecule has 0 saturated heterocycles. The molecule has 0 aliphatic heterocycles. The first kappa shape index (κ1) is 16.3. The maximum Gasteiger partial charge on any atom is 0.416 e. The second kappa shape index (κ2) is 6.88. The van der Waals surface area contributed by atoms with Crippen molar-refractivity contribution in [3.63, 3.8) is 0 Å².